The first-order chi connectivity index (χ1) is 10.2. The number of aryl methyl sites for hydroxylation is 1. The van der Waals surface area contributed by atoms with E-state index in [1.165, 1.54) is 17.5 Å². The van der Waals surface area contributed by atoms with Gasteiger partial charge in [0.1, 0.15) is 0 Å². The Balaban J connectivity index is 1.47. The lowest BCUT2D eigenvalue weighted by atomic mass is 10.1. The molecule has 1 fully saturated rings. The number of hydrogen-bond donors (Lipinski definition) is 1. The molecule has 1 aliphatic heterocycles. The average Bonchev–Trinajstić information content (AvgIpc) is 2.90. The van der Waals surface area contributed by atoms with Gasteiger partial charge in [0, 0.05) is 37.1 Å². The fourth-order valence-corrected chi connectivity index (χ4v) is 3.65. The SMILES string of the molecule is O=C(CCNC1CCc2cc(Cl)ccc21)N1CCCCC1. The van der Waals surface area contributed by atoms with Gasteiger partial charge >= 0.3 is 0 Å². The number of hydrogen-bond acceptors (Lipinski definition) is 2. The second kappa shape index (κ2) is 6.80. The van der Waals surface area contributed by atoms with E-state index in [4.69, 9.17) is 11.6 Å². The monoisotopic (exact) mass is 306 g/mol. The molecule has 1 saturated heterocycles. The third-order valence-electron chi connectivity index (χ3n) is 4.62. The molecular weight excluding hydrogens is 284 g/mol. The molecule has 21 heavy (non-hydrogen) atoms. The predicted molar refractivity (Wildman–Crippen MR) is 85.6 cm³/mol. The molecule has 1 aromatic rings. The molecule has 0 spiro atoms. The maximum Gasteiger partial charge on any atom is 0.223 e. The number of benzene rings is 1. The van der Waals surface area contributed by atoms with E-state index in [1.807, 2.05) is 11.0 Å². The van der Waals surface area contributed by atoms with E-state index in [-0.39, 0.29) is 0 Å². The minimum Gasteiger partial charge on any atom is -0.343 e. The van der Waals surface area contributed by atoms with Crippen molar-refractivity contribution in [2.24, 2.45) is 0 Å². The molecule has 1 aromatic carbocycles. The van der Waals surface area contributed by atoms with Crippen molar-refractivity contribution in [3.8, 4) is 0 Å². The first-order valence-electron chi connectivity index (χ1n) is 8.03. The maximum atomic E-state index is 12.1. The molecule has 114 valence electrons. The second-order valence-corrected chi connectivity index (χ2v) is 6.52. The number of nitrogens with one attached hydrogen (secondary N) is 1. The van der Waals surface area contributed by atoms with E-state index >= 15 is 0 Å². The van der Waals surface area contributed by atoms with Crippen LogP contribution in [0.3, 0.4) is 0 Å². The van der Waals surface area contributed by atoms with E-state index in [1.54, 1.807) is 0 Å². The molecule has 0 aromatic heterocycles. The molecule has 1 atom stereocenters. The van der Waals surface area contributed by atoms with Gasteiger partial charge in [-0.25, -0.2) is 0 Å². The normalized spacial score (nSPS) is 21.4. The van der Waals surface area contributed by atoms with Crippen LogP contribution in [0.2, 0.25) is 5.02 Å². The molecule has 2 aliphatic rings. The Bertz CT molecular complexity index is 512. The highest BCUT2D eigenvalue weighted by Gasteiger charge is 2.22. The minimum atomic E-state index is 0.302. The van der Waals surface area contributed by atoms with Gasteiger partial charge in [0.05, 0.1) is 0 Å². The summed E-state index contributed by atoms with van der Waals surface area (Å²) in [4.78, 5) is 14.2. The molecule has 1 heterocycles. The second-order valence-electron chi connectivity index (χ2n) is 6.08. The number of piperidine rings is 1. The van der Waals surface area contributed by atoms with Crippen molar-refractivity contribution in [3.63, 3.8) is 0 Å². The Morgan fingerprint density at radius 3 is 2.90 bits per heavy atom. The number of halogens is 1. The number of likely N-dealkylation sites (tertiary alicyclic amines) is 1. The summed E-state index contributed by atoms with van der Waals surface area (Å²) in [5.74, 6) is 0.302. The van der Waals surface area contributed by atoms with Gasteiger partial charge in [-0.15, -0.1) is 0 Å². The molecule has 1 aliphatic carbocycles. The van der Waals surface area contributed by atoms with Gasteiger partial charge in [0.15, 0.2) is 0 Å². The summed E-state index contributed by atoms with van der Waals surface area (Å²) in [6.07, 6.45) is 6.38. The van der Waals surface area contributed by atoms with E-state index in [0.29, 0.717) is 18.4 Å². The predicted octanol–water partition coefficient (Wildman–Crippen LogP) is 3.32. The highest BCUT2D eigenvalue weighted by molar-refractivity contribution is 6.30. The van der Waals surface area contributed by atoms with Crippen molar-refractivity contribution in [1.82, 2.24) is 10.2 Å². The first-order valence-corrected chi connectivity index (χ1v) is 8.41. The minimum absolute atomic E-state index is 0.302. The van der Waals surface area contributed by atoms with Crippen LogP contribution >= 0.6 is 11.6 Å². The summed E-state index contributed by atoms with van der Waals surface area (Å²) in [5, 5.41) is 4.35. The van der Waals surface area contributed by atoms with Gasteiger partial charge < -0.3 is 10.2 Å². The van der Waals surface area contributed by atoms with Crippen molar-refractivity contribution >= 4 is 17.5 Å². The van der Waals surface area contributed by atoms with Gasteiger partial charge in [0.25, 0.3) is 0 Å². The van der Waals surface area contributed by atoms with Crippen LogP contribution in [0.15, 0.2) is 18.2 Å². The van der Waals surface area contributed by atoms with Crippen molar-refractivity contribution in [2.75, 3.05) is 19.6 Å². The van der Waals surface area contributed by atoms with Crippen LogP contribution in [-0.4, -0.2) is 30.4 Å². The lowest BCUT2D eigenvalue weighted by Crippen LogP contribution is -2.37. The van der Waals surface area contributed by atoms with E-state index in [2.05, 4.69) is 17.4 Å². The summed E-state index contributed by atoms with van der Waals surface area (Å²) in [7, 11) is 0. The summed E-state index contributed by atoms with van der Waals surface area (Å²) in [5.41, 5.74) is 2.70. The number of rotatable bonds is 4. The maximum absolute atomic E-state index is 12.1. The Morgan fingerprint density at radius 1 is 1.29 bits per heavy atom. The largest absolute Gasteiger partial charge is 0.343 e. The quantitative estimate of drug-likeness (QED) is 0.925. The van der Waals surface area contributed by atoms with E-state index in [0.717, 1.165) is 50.3 Å². The van der Waals surface area contributed by atoms with Crippen LogP contribution in [0.4, 0.5) is 0 Å². The van der Waals surface area contributed by atoms with Crippen molar-refractivity contribution < 1.29 is 4.79 Å². The molecule has 0 radical (unpaired) electrons. The van der Waals surface area contributed by atoms with Gasteiger partial charge in [0.2, 0.25) is 5.91 Å². The van der Waals surface area contributed by atoms with Gasteiger partial charge in [-0.1, -0.05) is 17.7 Å². The Kier molecular flexibility index (Phi) is 4.81. The van der Waals surface area contributed by atoms with Crippen LogP contribution < -0.4 is 5.32 Å². The molecule has 1 N–H and O–H groups in total. The van der Waals surface area contributed by atoms with Crippen LogP contribution in [0, 0.1) is 0 Å². The highest BCUT2D eigenvalue weighted by atomic mass is 35.5. The third kappa shape index (κ3) is 3.58. The van der Waals surface area contributed by atoms with Crippen molar-refractivity contribution in [3.05, 3.63) is 34.3 Å². The third-order valence-corrected chi connectivity index (χ3v) is 4.86. The number of carbonyl (C=O) groups is 1. The molecular formula is C17H23ClN2O. The molecule has 0 bridgehead atoms. The molecule has 3 nitrogen and oxygen atoms in total. The fraction of sp³-hybridized carbons (Fsp3) is 0.588. The summed E-state index contributed by atoms with van der Waals surface area (Å²) < 4.78 is 0. The van der Waals surface area contributed by atoms with E-state index < -0.39 is 0 Å². The molecule has 3 rings (SSSR count). The number of amides is 1. The first kappa shape index (κ1) is 14.9. The Hall–Kier alpha value is -1.06. The summed E-state index contributed by atoms with van der Waals surface area (Å²) in [6.45, 7) is 2.66. The molecule has 1 unspecified atom stereocenters. The zero-order chi connectivity index (χ0) is 14.7. The fourth-order valence-electron chi connectivity index (χ4n) is 3.45. The molecule has 1 amide bonds. The lowest BCUT2D eigenvalue weighted by Gasteiger charge is -2.27. The van der Waals surface area contributed by atoms with E-state index in [9.17, 15) is 4.79 Å². The Morgan fingerprint density at radius 2 is 2.10 bits per heavy atom. The molecule has 4 heteroatoms. The zero-order valence-corrected chi connectivity index (χ0v) is 13.2. The van der Waals surface area contributed by atoms with Crippen LogP contribution in [0.5, 0.6) is 0 Å². The van der Waals surface area contributed by atoms with Gasteiger partial charge in [-0.05, 0) is 55.4 Å². The van der Waals surface area contributed by atoms with Gasteiger partial charge in [-0.2, -0.15) is 0 Å². The number of nitrogens with zero attached hydrogens (tertiary/aromatic N) is 1. The number of carbonyl (C=O) groups excluding carboxylic acids is 1. The van der Waals surface area contributed by atoms with Crippen molar-refractivity contribution in [2.45, 2.75) is 44.6 Å². The van der Waals surface area contributed by atoms with Gasteiger partial charge in [-0.3, -0.25) is 4.79 Å². The van der Waals surface area contributed by atoms with Crippen LogP contribution in [0.1, 0.15) is 49.3 Å². The molecule has 0 saturated carbocycles. The smallest absolute Gasteiger partial charge is 0.223 e. The van der Waals surface area contributed by atoms with Crippen molar-refractivity contribution in [1.29, 1.82) is 0 Å². The standard InChI is InChI=1S/C17H23ClN2O/c18-14-5-6-15-13(12-14)4-7-16(15)19-9-8-17(21)20-10-2-1-3-11-20/h5-6,12,16,19H,1-4,7-11H2. The highest BCUT2D eigenvalue weighted by Crippen LogP contribution is 2.32. The average molecular weight is 307 g/mol. The topological polar surface area (TPSA) is 32.3 Å². The Labute approximate surface area is 131 Å². The summed E-state index contributed by atoms with van der Waals surface area (Å²) in [6, 6.07) is 6.53. The van der Waals surface area contributed by atoms with Crippen LogP contribution in [-0.2, 0) is 11.2 Å². The zero-order valence-electron chi connectivity index (χ0n) is 12.4. The van der Waals surface area contributed by atoms with Crippen LogP contribution in [0.25, 0.3) is 0 Å². The lowest BCUT2D eigenvalue weighted by molar-refractivity contribution is -0.132. The summed E-state index contributed by atoms with van der Waals surface area (Å²) >= 11 is 6.03. The number of fused-ring (bicyclic) bond motifs is 1.